The smallest absolute Gasteiger partial charge is 0.306 e. The Morgan fingerprint density at radius 3 is 2.95 bits per heavy atom. The maximum absolute atomic E-state index is 10.8. The molecule has 0 fully saturated rings. The first-order valence-electron chi connectivity index (χ1n) is 6.51. The van der Waals surface area contributed by atoms with E-state index in [-0.39, 0.29) is 5.92 Å². The fourth-order valence-corrected chi connectivity index (χ4v) is 1.95. The van der Waals surface area contributed by atoms with Crippen LogP contribution in [-0.2, 0) is 4.79 Å². The first-order chi connectivity index (χ1) is 9.61. The van der Waals surface area contributed by atoms with Crippen molar-refractivity contribution in [2.45, 2.75) is 13.3 Å². The number of hydrogen-bond acceptors (Lipinski definition) is 4. The van der Waals surface area contributed by atoms with Gasteiger partial charge in [-0.1, -0.05) is 6.92 Å². The summed E-state index contributed by atoms with van der Waals surface area (Å²) in [6, 6.07) is 7.70. The Morgan fingerprint density at radius 1 is 1.45 bits per heavy atom. The highest BCUT2D eigenvalue weighted by Crippen LogP contribution is 2.25. The number of benzene rings is 1. The van der Waals surface area contributed by atoms with Crippen molar-refractivity contribution in [1.82, 2.24) is 4.98 Å². The van der Waals surface area contributed by atoms with Gasteiger partial charge in [-0.05, 0) is 36.1 Å². The summed E-state index contributed by atoms with van der Waals surface area (Å²) in [5, 5.41) is 14.1. The van der Waals surface area contributed by atoms with E-state index in [0.29, 0.717) is 13.0 Å². The van der Waals surface area contributed by atoms with Crippen LogP contribution in [0, 0.1) is 5.92 Å². The highest BCUT2D eigenvalue weighted by Gasteiger charge is 2.10. The standard InChI is InChI=1S/C15H18N2O3/c1-10(15(18)19)5-7-16-14-13-4-3-12(20-2)9-11(13)6-8-17-14/h3-4,6,8-10H,5,7H2,1-2H3,(H,16,17)(H,18,19). The molecule has 5 heteroatoms. The van der Waals surface area contributed by atoms with E-state index >= 15 is 0 Å². The van der Waals surface area contributed by atoms with Crippen LogP contribution in [0.1, 0.15) is 13.3 Å². The highest BCUT2D eigenvalue weighted by atomic mass is 16.5. The molecular weight excluding hydrogens is 256 g/mol. The Hall–Kier alpha value is -2.30. The number of pyridine rings is 1. The molecule has 2 aromatic rings. The van der Waals surface area contributed by atoms with Crippen LogP contribution in [0.15, 0.2) is 30.5 Å². The van der Waals surface area contributed by atoms with Crippen LogP contribution in [0.3, 0.4) is 0 Å². The number of rotatable bonds is 6. The van der Waals surface area contributed by atoms with Crippen LogP contribution < -0.4 is 10.1 Å². The molecule has 0 radical (unpaired) electrons. The van der Waals surface area contributed by atoms with Gasteiger partial charge < -0.3 is 15.2 Å². The molecule has 1 heterocycles. The maximum atomic E-state index is 10.8. The Kier molecular flexibility index (Phi) is 4.40. The minimum absolute atomic E-state index is 0.363. The van der Waals surface area contributed by atoms with Crippen LogP contribution in [0.5, 0.6) is 5.75 Å². The first-order valence-corrected chi connectivity index (χ1v) is 6.51. The van der Waals surface area contributed by atoms with Crippen LogP contribution >= 0.6 is 0 Å². The van der Waals surface area contributed by atoms with Crippen molar-refractivity contribution in [3.05, 3.63) is 30.5 Å². The van der Waals surface area contributed by atoms with Crippen molar-refractivity contribution in [2.24, 2.45) is 5.92 Å². The molecule has 0 amide bonds. The van der Waals surface area contributed by atoms with E-state index in [0.717, 1.165) is 22.3 Å². The van der Waals surface area contributed by atoms with Gasteiger partial charge in [-0.15, -0.1) is 0 Å². The molecule has 0 saturated heterocycles. The number of fused-ring (bicyclic) bond motifs is 1. The van der Waals surface area contributed by atoms with Crippen molar-refractivity contribution in [1.29, 1.82) is 0 Å². The number of aliphatic carboxylic acids is 1. The minimum atomic E-state index is -0.776. The Morgan fingerprint density at radius 2 is 2.25 bits per heavy atom. The Bertz CT molecular complexity index is 613. The average molecular weight is 274 g/mol. The predicted octanol–water partition coefficient (Wildman–Crippen LogP) is 2.77. The van der Waals surface area contributed by atoms with Gasteiger partial charge in [-0.3, -0.25) is 4.79 Å². The van der Waals surface area contributed by atoms with Crippen molar-refractivity contribution < 1.29 is 14.6 Å². The third-order valence-corrected chi connectivity index (χ3v) is 3.26. The topological polar surface area (TPSA) is 71.5 Å². The average Bonchev–Trinajstić information content (AvgIpc) is 2.46. The summed E-state index contributed by atoms with van der Waals surface area (Å²) in [6.45, 7) is 2.27. The molecule has 5 nitrogen and oxygen atoms in total. The normalized spacial score (nSPS) is 12.1. The SMILES string of the molecule is COc1ccc2c(NCCC(C)C(=O)O)nccc2c1. The molecule has 106 valence electrons. The summed E-state index contributed by atoms with van der Waals surface area (Å²) in [5.74, 6) is 0.428. The Labute approximate surface area is 117 Å². The van der Waals surface area contributed by atoms with Gasteiger partial charge in [0.25, 0.3) is 0 Å². The maximum Gasteiger partial charge on any atom is 0.306 e. The molecule has 1 atom stereocenters. The Balaban J connectivity index is 2.12. The number of ether oxygens (including phenoxy) is 1. The van der Waals surface area contributed by atoms with Crippen molar-refractivity contribution in [3.63, 3.8) is 0 Å². The van der Waals surface area contributed by atoms with Crippen LogP contribution in [-0.4, -0.2) is 29.7 Å². The summed E-state index contributed by atoms with van der Waals surface area (Å²) in [7, 11) is 1.63. The molecule has 0 saturated carbocycles. The van der Waals surface area contributed by atoms with Crippen molar-refractivity contribution in [2.75, 3.05) is 19.0 Å². The molecule has 1 aromatic heterocycles. The number of aromatic nitrogens is 1. The van der Waals surface area contributed by atoms with Crippen molar-refractivity contribution >= 4 is 22.6 Å². The summed E-state index contributed by atoms with van der Waals surface area (Å²) >= 11 is 0. The number of anilines is 1. The number of carboxylic acid groups (broad SMARTS) is 1. The van der Waals surface area contributed by atoms with Crippen LogP contribution in [0.25, 0.3) is 10.8 Å². The second-order valence-corrected chi connectivity index (χ2v) is 4.70. The summed E-state index contributed by atoms with van der Waals surface area (Å²) in [4.78, 5) is 15.1. The van der Waals surface area contributed by atoms with E-state index in [1.807, 2.05) is 24.3 Å². The van der Waals surface area contributed by atoms with E-state index in [1.165, 1.54) is 0 Å². The van der Waals surface area contributed by atoms with E-state index < -0.39 is 5.97 Å². The highest BCUT2D eigenvalue weighted by molar-refractivity contribution is 5.92. The zero-order valence-electron chi connectivity index (χ0n) is 11.6. The fraction of sp³-hybridized carbons (Fsp3) is 0.333. The van der Waals surface area contributed by atoms with Gasteiger partial charge in [0.05, 0.1) is 13.0 Å². The molecule has 2 rings (SSSR count). The van der Waals surface area contributed by atoms with E-state index in [9.17, 15) is 4.79 Å². The van der Waals surface area contributed by atoms with Gasteiger partial charge in [0.2, 0.25) is 0 Å². The quantitative estimate of drug-likeness (QED) is 0.847. The minimum Gasteiger partial charge on any atom is -0.497 e. The lowest BCUT2D eigenvalue weighted by Crippen LogP contribution is -2.14. The molecule has 1 aromatic carbocycles. The fourth-order valence-electron chi connectivity index (χ4n) is 1.95. The molecule has 2 N–H and O–H groups in total. The van der Waals surface area contributed by atoms with Gasteiger partial charge in [-0.2, -0.15) is 0 Å². The third-order valence-electron chi connectivity index (χ3n) is 3.26. The number of nitrogens with zero attached hydrogens (tertiary/aromatic N) is 1. The summed E-state index contributed by atoms with van der Waals surface area (Å²) < 4.78 is 5.20. The predicted molar refractivity (Wildman–Crippen MR) is 78.2 cm³/mol. The largest absolute Gasteiger partial charge is 0.497 e. The lowest BCUT2D eigenvalue weighted by Gasteiger charge is -2.11. The van der Waals surface area contributed by atoms with Crippen LogP contribution in [0.2, 0.25) is 0 Å². The molecule has 0 aliphatic rings. The number of methoxy groups -OCH3 is 1. The third kappa shape index (κ3) is 3.17. The first kappa shape index (κ1) is 14.1. The van der Waals surface area contributed by atoms with Crippen LogP contribution in [0.4, 0.5) is 5.82 Å². The molecule has 0 aliphatic heterocycles. The molecule has 1 unspecified atom stereocenters. The zero-order chi connectivity index (χ0) is 14.5. The molecule has 0 spiro atoms. The van der Waals surface area contributed by atoms with E-state index in [2.05, 4.69) is 10.3 Å². The van der Waals surface area contributed by atoms with Crippen molar-refractivity contribution in [3.8, 4) is 5.75 Å². The lowest BCUT2D eigenvalue weighted by molar-refractivity contribution is -0.141. The van der Waals surface area contributed by atoms with E-state index in [4.69, 9.17) is 9.84 Å². The molecule has 0 bridgehead atoms. The molecular formula is C15H18N2O3. The number of hydrogen-bond donors (Lipinski definition) is 2. The lowest BCUT2D eigenvalue weighted by atomic mass is 10.1. The van der Waals surface area contributed by atoms with Gasteiger partial charge >= 0.3 is 5.97 Å². The monoisotopic (exact) mass is 274 g/mol. The number of nitrogens with one attached hydrogen (secondary N) is 1. The molecule has 0 aliphatic carbocycles. The van der Waals surface area contributed by atoms with Gasteiger partial charge in [-0.25, -0.2) is 4.98 Å². The molecule has 20 heavy (non-hydrogen) atoms. The summed E-state index contributed by atoms with van der Waals surface area (Å²) in [6.07, 6.45) is 2.29. The zero-order valence-corrected chi connectivity index (χ0v) is 11.6. The second-order valence-electron chi connectivity index (χ2n) is 4.70. The van der Waals surface area contributed by atoms with Gasteiger partial charge in [0, 0.05) is 18.1 Å². The van der Waals surface area contributed by atoms with Gasteiger partial charge in [0.1, 0.15) is 11.6 Å². The number of carboxylic acids is 1. The van der Waals surface area contributed by atoms with Gasteiger partial charge in [0.15, 0.2) is 0 Å². The second kappa shape index (κ2) is 6.23. The van der Waals surface area contributed by atoms with E-state index in [1.54, 1.807) is 20.2 Å². The summed E-state index contributed by atoms with van der Waals surface area (Å²) in [5.41, 5.74) is 0. The number of carbonyl (C=O) groups is 1.